The molecule has 112 valence electrons. The lowest BCUT2D eigenvalue weighted by atomic mass is 10.0. The van der Waals surface area contributed by atoms with Crippen LogP contribution >= 0.6 is 0 Å². The van der Waals surface area contributed by atoms with E-state index in [4.69, 9.17) is 4.52 Å². The largest absolute Gasteiger partial charge is 0.391 e. The standard InChI is InChI=1S/C13H16N4O4/c1-7-2-9(21-16-7)3-8-5-17(6-11(8)18)12(19)10-4-14-13(20)15-10/h2,4,8,11,18H,3,5-6H2,1H3,(H2,14,15,20)/t8-,11-/m1/s1. The van der Waals surface area contributed by atoms with Gasteiger partial charge in [0.1, 0.15) is 11.5 Å². The second-order valence-electron chi connectivity index (χ2n) is 5.33. The van der Waals surface area contributed by atoms with Gasteiger partial charge in [0.25, 0.3) is 5.91 Å². The Morgan fingerprint density at radius 1 is 1.57 bits per heavy atom. The van der Waals surface area contributed by atoms with Crippen molar-refractivity contribution in [3.63, 3.8) is 0 Å². The summed E-state index contributed by atoms with van der Waals surface area (Å²) < 4.78 is 5.14. The molecule has 0 bridgehead atoms. The van der Waals surface area contributed by atoms with Crippen molar-refractivity contribution in [3.05, 3.63) is 39.9 Å². The Morgan fingerprint density at radius 3 is 3.00 bits per heavy atom. The van der Waals surface area contributed by atoms with Crippen LogP contribution < -0.4 is 5.69 Å². The monoisotopic (exact) mass is 292 g/mol. The molecule has 2 aromatic heterocycles. The second-order valence-corrected chi connectivity index (χ2v) is 5.33. The van der Waals surface area contributed by atoms with Crippen LogP contribution in [-0.2, 0) is 6.42 Å². The van der Waals surface area contributed by atoms with E-state index in [2.05, 4.69) is 15.1 Å². The lowest BCUT2D eigenvalue weighted by Gasteiger charge is -2.14. The first-order valence-electron chi connectivity index (χ1n) is 6.70. The van der Waals surface area contributed by atoms with Gasteiger partial charge >= 0.3 is 5.69 Å². The fourth-order valence-electron chi connectivity index (χ4n) is 2.61. The van der Waals surface area contributed by atoms with Crippen LogP contribution in [0.3, 0.4) is 0 Å². The maximum absolute atomic E-state index is 12.2. The zero-order valence-corrected chi connectivity index (χ0v) is 11.5. The quantitative estimate of drug-likeness (QED) is 0.717. The van der Waals surface area contributed by atoms with Crippen LogP contribution in [-0.4, -0.2) is 50.2 Å². The fourth-order valence-corrected chi connectivity index (χ4v) is 2.61. The number of hydrogen-bond donors (Lipinski definition) is 3. The molecular weight excluding hydrogens is 276 g/mol. The Balaban J connectivity index is 1.68. The molecule has 3 N–H and O–H groups in total. The molecule has 1 fully saturated rings. The number of nitrogens with one attached hydrogen (secondary N) is 2. The number of aliphatic hydroxyl groups is 1. The zero-order valence-electron chi connectivity index (χ0n) is 11.5. The minimum absolute atomic E-state index is 0.105. The van der Waals surface area contributed by atoms with Gasteiger partial charge in [0.2, 0.25) is 0 Å². The number of H-pyrrole nitrogens is 2. The van der Waals surface area contributed by atoms with Crippen LogP contribution in [0, 0.1) is 12.8 Å². The Morgan fingerprint density at radius 2 is 2.38 bits per heavy atom. The molecule has 1 saturated heterocycles. The number of aromatic amines is 2. The first kappa shape index (κ1) is 13.6. The number of aryl methyl sites for hydroxylation is 1. The number of hydrogen-bond acceptors (Lipinski definition) is 5. The molecule has 3 rings (SSSR count). The molecule has 0 aromatic carbocycles. The molecule has 2 atom stereocenters. The van der Waals surface area contributed by atoms with Gasteiger partial charge in [-0.05, 0) is 6.92 Å². The molecule has 3 heterocycles. The molecule has 1 aliphatic heterocycles. The third-order valence-corrected chi connectivity index (χ3v) is 3.66. The van der Waals surface area contributed by atoms with Crippen LogP contribution in [0.15, 0.2) is 21.6 Å². The van der Waals surface area contributed by atoms with Gasteiger partial charge in [-0.2, -0.15) is 0 Å². The average Bonchev–Trinajstić information content (AvgIpc) is 3.12. The van der Waals surface area contributed by atoms with E-state index in [-0.39, 0.29) is 24.1 Å². The highest BCUT2D eigenvalue weighted by molar-refractivity contribution is 5.92. The van der Waals surface area contributed by atoms with Gasteiger partial charge in [0.15, 0.2) is 0 Å². The summed E-state index contributed by atoms with van der Waals surface area (Å²) in [7, 11) is 0. The highest BCUT2D eigenvalue weighted by Gasteiger charge is 2.35. The summed E-state index contributed by atoms with van der Waals surface area (Å²) >= 11 is 0. The Kier molecular flexibility index (Phi) is 3.38. The summed E-state index contributed by atoms with van der Waals surface area (Å²) in [6.07, 6.45) is 1.24. The van der Waals surface area contributed by atoms with E-state index >= 15 is 0 Å². The van der Waals surface area contributed by atoms with Gasteiger partial charge in [-0.3, -0.25) is 4.79 Å². The first-order chi connectivity index (χ1) is 10.0. The van der Waals surface area contributed by atoms with E-state index in [1.54, 1.807) is 0 Å². The molecule has 8 nitrogen and oxygen atoms in total. The van der Waals surface area contributed by atoms with E-state index in [1.807, 2.05) is 13.0 Å². The molecular formula is C13H16N4O4. The van der Waals surface area contributed by atoms with Crippen molar-refractivity contribution in [2.75, 3.05) is 13.1 Å². The summed E-state index contributed by atoms with van der Waals surface area (Å²) in [6.45, 7) is 2.48. The third kappa shape index (κ3) is 2.75. The van der Waals surface area contributed by atoms with Crippen LogP contribution in [0.5, 0.6) is 0 Å². The van der Waals surface area contributed by atoms with Crippen LogP contribution in [0.1, 0.15) is 21.9 Å². The Labute approximate surface area is 119 Å². The lowest BCUT2D eigenvalue weighted by Crippen LogP contribution is -2.30. The van der Waals surface area contributed by atoms with Crippen LogP contribution in [0.2, 0.25) is 0 Å². The second kappa shape index (κ2) is 5.21. The van der Waals surface area contributed by atoms with Crippen molar-refractivity contribution in [3.8, 4) is 0 Å². The Bertz CT molecular complexity index is 701. The SMILES string of the molecule is Cc1cc(C[C@@H]2CN(C(=O)c3c[nH]c(=O)[nH]3)C[C@H]2O)on1. The van der Waals surface area contributed by atoms with Crippen LogP contribution in [0.4, 0.5) is 0 Å². The molecule has 8 heteroatoms. The maximum Gasteiger partial charge on any atom is 0.323 e. The molecule has 2 aromatic rings. The van der Waals surface area contributed by atoms with Gasteiger partial charge in [0.05, 0.1) is 11.8 Å². The van der Waals surface area contributed by atoms with Crippen molar-refractivity contribution in [1.29, 1.82) is 0 Å². The summed E-state index contributed by atoms with van der Waals surface area (Å²) in [6, 6.07) is 1.82. The predicted molar refractivity (Wildman–Crippen MR) is 71.8 cm³/mol. The Hall–Kier alpha value is -2.35. The number of carbonyl (C=O) groups is 1. The van der Waals surface area contributed by atoms with Gasteiger partial charge in [0, 0.05) is 37.7 Å². The number of carbonyl (C=O) groups excluding carboxylic acids is 1. The van der Waals surface area contributed by atoms with Gasteiger partial charge in [-0.15, -0.1) is 0 Å². The highest BCUT2D eigenvalue weighted by Crippen LogP contribution is 2.23. The normalized spacial score (nSPS) is 21.9. The van der Waals surface area contributed by atoms with Crippen molar-refractivity contribution < 1.29 is 14.4 Å². The molecule has 0 aliphatic carbocycles. The number of aliphatic hydroxyl groups excluding tert-OH is 1. The van der Waals surface area contributed by atoms with E-state index < -0.39 is 11.8 Å². The smallest absolute Gasteiger partial charge is 0.323 e. The minimum Gasteiger partial charge on any atom is -0.391 e. The van der Waals surface area contributed by atoms with E-state index in [0.29, 0.717) is 18.7 Å². The first-order valence-corrected chi connectivity index (χ1v) is 6.70. The molecule has 0 saturated carbocycles. The number of rotatable bonds is 3. The summed E-state index contributed by atoms with van der Waals surface area (Å²) in [5, 5.41) is 13.9. The average molecular weight is 292 g/mol. The van der Waals surface area contributed by atoms with Gasteiger partial charge in [-0.25, -0.2) is 4.79 Å². The van der Waals surface area contributed by atoms with Crippen molar-refractivity contribution in [2.45, 2.75) is 19.4 Å². The summed E-state index contributed by atoms with van der Waals surface area (Å²) in [5.41, 5.74) is 0.561. The lowest BCUT2D eigenvalue weighted by molar-refractivity contribution is 0.0759. The molecule has 0 unspecified atom stereocenters. The minimum atomic E-state index is -0.620. The highest BCUT2D eigenvalue weighted by atomic mass is 16.5. The molecule has 1 aliphatic rings. The summed E-state index contributed by atoms with van der Waals surface area (Å²) in [5.74, 6) is 0.288. The topological polar surface area (TPSA) is 115 Å². The van der Waals surface area contributed by atoms with Gasteiger partial charge < -0.3 is 24.5 Å². The number of likely N-dealkylation sites (tertiary alicyclic amines) is 1. The predicted octanol–water partition coefficient (Wildman–Crippen LogP) is -0.325. The van der Waals surface area contributed by atoms with Crippen LogP contribution in [0.25, 0.3) is 0 Å². The number of amides is 1. The zero-order chi connectivity index (χ0) is 15.0. The maximum atomic E-state index is 12.2. The number of imidazole rings is 1. The van der Waals surface area contributed by atoms with Crippen molar-refractivity contribution in [2.24, 2.45) is 5.92 Å². The van der Waals surface area contributed by atoms with Gasteiger partial charge in [-0.1, -0.05) is 5.16 Å². The molecule has 21 heavy (non-hydrogen) atoms. The third-order valence-electron chi connectivity index (χ3n) is 3.66. The molecule has 0 radical (unpaired) electrons. The molecule has 1 amide bonds. The van der Waals surface area contributed by atoms with E-state index in [0.717, 1.165) is 5.69 Å². The molecule has 0 spiro atoms. The van der Waals surface area contributed by atoms with Crippen molar-refractivity contribution >= 4 is 5.91 Å². The van der Waals surface area contributed by atoms with E-state index in [1.165, 1.54) is 11.1 Å². The summed E-state index contributed by atoms with van der Waals surface area (Å²) in [4.78, 5) is 29.6. The number of β-amino-alcohol motifs (C(OH)–C–C–N with tert-alkyl or cyclic N) is 1. The number of aromatic nitrogens is 3. The fraction of sp³-hybridized carbons (Fsp3) is 0.462. The number of nitrogens with zero attached hydrogens (tertiary/aromatic N) is 2. The van der Waals surface area contributed by atoms with E-state index in [9.17, 15) is 14.7 Å². The van der Waals surface area contributed by atoms with Crippen molar-refractivity contribution in [1.82, 2.24) is 20.0 Å².